The fraction of sp³-hybridized carbons (Fsp3) is 0.758. The second kappa shape index (κ2) is 9.48. The molecule has 1 aromatic carbocycles. The lowest BCUT2D eigenvalue weighted by Crippen LogP contribution is -2.83. The van der Waals surface area contributed by atoms with Crippen LogP contribution < -0.4 is 0 Å². The van der Waals surface area contributed by atoms with Crippen LogP contribution in [0.2, 0.25) is 0 Å². The van der Waals surface area contributed by atoms with Crippen molar-refractivity contribution in [2.24, 2.45) is 35.0 Å². The summed E-state index contributed by atoms with van der Waals surface area (Å²) in [4.78, 5) is 28.7. The number of carbonyl (C=O) groups excluding carboxylic acids is 2. The lowest BCUT2D eigenvalue weighted by atomic mass is 9.43. The predicted molar refractivity (Wildman–Crippen MR) is 151 cm³/mol. The summed E-state index contributed by atoms with van der Waals surface area (Å²) < 4.78 is 24.0. The van der Waals surface area contributed by atoms with E-state index in [0.29, 0.717) is 43.4 Å². The standard InChI is InChI=1S/C33H45NO8/c1-6-34-17-30(42-29(36)20-10-8-7-9-19(20)13-26(35)40-4)12-11-25(39-3)32-23(30)15-22(27(32)34)31(37)16-18(2)21-14-24(32)33(31,38)28(21)41-5/h7-10,18,21-25,27-28,37-38H,6,11-17H2,1-5H3/t18-,21+,22?,23?,24?,25-,27+,28-,30+,31-,32?,33-/m0/s1. The highest BCUT2D eigenvalue weighted by atomic mass is 16.6. The largest absolute Gasteiger partial charge is 0.469 e. The number of ether oxygens (including phenoxy) is 4. The molecule has 12 atom stereocenters. The lowest BCUT2D eigenvalue weighted by molar-refractivity contribution is -0.335. The quantitative estimate of drug-likeness (QED) is 0.468. The van der Waals surface area contributed by atoms with E-state index in [9.17, 15) is 19.8 Å². The van der Waals surface area contributed by atoms with Crippen molar-refractivity contribution in [1.82, 2.24) is 4.90 Å². The van der Waals surface area contributed by atoms with E-state index in [1.165, 1.54) is 7.11 Å². The van der Waals surface area contributed by atoms with Gasteiger partial charge in [0.25, 0.3) is 0 Å². The smallest absolute Gasteiger partial charge is 0.339 e. The van der Waals surface area contributed by atoms with Crippen LogP contribution >= 0.6 is 0 Å². The van der Waals surface area contributed by atoms with Crippen LogP contribution in [0.4, 0.5) is 0 Å². The first-order valence-corrected chi connectivity index (χ1v) is 15.7. The molecule has 0 amide bonds. The summed E-state index contributed by atoms with van der Waals surface area (Å²) in [7, 11) is 4.77. The van der Waals surface area contributed by atoms with Crippen LogP contribution in [0.15, 0.2) is 24.3 Å². The van der Waals surface area contributed by atoms with Gasteiger partial charge in [-0.3, -0.25) is 9.69 Å². The van der Waals surface area contributed by atoms with Gasteiger partial charge in [0.1, 0.15) is 16.8 Å². The molecule has 1 spiro atoms. The molecule has 1 aromatic rings. The fourth-order valence-electron chi connectivity index (χ4n) is 11.9. The topological polar surface area (TPSA) is 115 Å². The van der Waals surface area contributed by atoms with Crippen molar-refractivity contribution >= 4 is 11.9 Å². The Balaban J connectivity index is 1.36. The van der Waals surface area contributed by atoms with Crippen LogP contribution in [0.3, 0.4) is 0 Å². The molecule has 230 valence electrons. The van der Waals surface area contributed by atoms with Gasteiger partial charge >= 0.3 is 11.9 Å². The summed E-state index contributed by atoms with van der Waals surface area (Å²) >= 11 is 0. The number of rotatable bonds is 7. The number of methoxy groups -OCH3 is 3. The minimum atomic E-state index is -1.40. The minimum Gasteiger partial charge on any atom is -0.469 e. The van der Waals surface area contributed by atoms with Crippen LogP contribution in [0.1, 0.15) is 61.9 Å². The van der Waals surface area contributed by atoms with Gasteiger partial charge in [-0.05, 0) is 62.1 Å². The monoisotopic (exact) mass is 583 g/mol. The molecule has 1 heterocycles. The highest BCUT2D eigenvalue weighted by Gasteiger charge is 2.88. The maximum Gasteiger partial charge on any atom is 0.339 e. The molecule has 1 saturated heterocycles. The van der Waals surface area contributed by atoms with E-state index in [2.05, 4.69) is 18.7 Å². The molecule has 0 radical (unpaired) electrons. The van der Waals surface area contributed by atoms with E-state index < -0.39 is 40.3 Å². The Morgan fingerprint density at radius 2 is 1.83 bits per heavy atom. The van der Waals surface area contributed by atoms with Crippen LogP contribution in [-0.2, 0) is 30.2 Å². The zero-order valence-corrected chi connectivity index (χ0v) is 25.4. The van der Waals surface area contributed by atoms with Gasteiger partial charge in [-0.15, -0.1) is 0 Å². The molecule has 9 heteroatoms. The van der Waals surface area contributed by atoms with Gasteiger partial charge in [-0.2, -0.15) is 0 Å². The molecule has 5 saturated carbocycles. The highest BCUT2D eigenvalue weighted by Crippen LogP contribution is 2.79. The number of benzene rings is 1. The number of nitrogens with zero attached hydrogens (tertiary/aromatic N) is 1. The molecule has 2 N–H and O–H groups in total. The first-order valence-electron chi connectivity index (χ1n) is 15.7. The molecule has 5 aliphatic carbocycles. The number of carbonyl (C=O) groups is 2. The van der Waals surface area contributed by atoms with Crippen LogP contribution in [0, 0.1) is 35.0 Å². The Labute approximate surface area is 247 Å². The average Bonchev–Trinajstić information content (AvgIpc) is 3.41. The number of hydrogen-bond donors (Lipinski definition) is 2. The summed E-state index contributed by atoms with van der Waals surface area (Å²) in [6.45, 7) is 5.63. The van der Waals surface area contributed by atoms with E-state index in [-0.39, 0.29) is 48.2 Å². The molecule has 7 bridgehead atoms. The third-order valence-corrected chi connectivity index (χ3v) is 13.0. The van der Waals surface area contributed by atoms with E-state index in [1.54, 1.807) is 38.5 Å². The molecule has 4 unspecified atom stereocenters. The predicted octanol–water partition coefficient (Wildman–Crippen LogP) is 2.60. The summed E-state index contributed by atoms with van der Waals surface area (Å²) in [6, 6.07) is 7.08. The zero-order valence-electron chi connectivity index (χ0n) is 25.4. The van der Waals surface area contributed by atoms with Crippen molar-refractivity contribution in [3.63, 3.8) is 0 Å². The number of esters is 2. The second-order valence-electron chi connectivity index (χ2n) is 14.1. The Hall–Kier alpha value is -2.04. The van der Waals surface area contributed by atoms with Gasteiger partial charge in [0.05, 0.1) is 31.3 Å². The van der Waals surface area contributed by atoms with Gasteiger partial charge in [0, 0.05) is 50.0 Å². The third kappa shape index (κ3) is 3.22. The molecule has 6 aliphatic rings. The fourth-order valence-corrected chi connectivity index (χ4v) is 11.9. The third-order valence-electron chi connectivity index (χ3n) is 13.0. The van der Waals surface area contributed by atoms with Crippen molar-refractivity contribution in [3.05, 3.63) is 35.4 Å². The van der Waals surface area contributed by atoms with Gasteiger partial charge < -0.3 is 29.2 Å². The number of piperidine rings is 1. The van der Waals surface area contributed by atoms with Crippen LogP contribution in [0.25, 0.3) is 0 Å². The number of likely N-dealkylation sites (tertiary alicyclic amines) is 1. The molecule has 1 aliphatic heterocycles. The SMILES string of the molecule is CCN1C[C@]2(OC(=O)c3ccccc3CC(=O)OC)CC[C@H](OC)C34C2CC([C@@H]13)[C@@]1(O)C[C@H](C)[C@H]2CC4[C@]1(O)[C@H]2OC. The number of aliphatic hydroxyl groups is 2. The first kappa shape index (κ1) is 28.7. The maximum absolute atomic E-state index is 14.1. The Morgan fingerprint density at radius 1 is 1.07 bits per heavy atom. The minimum absolute atomic E-state index is 0.00742. The molecule has 7 rings (SSSR count). The normalized spacial score (nSPS) is 48.2. The molecule has 9 nitrogen and oxygen atoms in total. The van der Waals surface area contributed by atoms with Crippen molar-refractivity contribution < 1.29 is 38.7 Å². The Bertz CT molecular complexity index is 1290. The summed E-state index contributed by atoms with van der Waals surface area (Å²) in [5, 5.41) is 25.6. The number of likely N-dealkylation sites (N-methyl/N-ethyl adjacent to an activating group) is 1. The molecule has 42 heavy (non-hydrogen) atoms. The van der Waals surface area contributed by atoms with E-state index in [4.69, 9.17) is 18.9 Å². The van der Waals surface area contributed by atoms with Gasteiger partial charge in [0.2, 0.25) is 0 Å². The second-order valence-corrected chi connectivity index (χ2v) is 14.1. The molecule has 6 fully saturated rings. The Morgan fingerprint density at radius 3 is 2.52 bits per heavy atom. The average molecular weight is 584 g/mol. The van der Waals surface area contributed by atoms with E-state index >= 15 is 0 Å². The maximum atomic E-state index is 14.1. The number of hydrogen-bond acceptors (Lipinski definition) is 9. The number of fused-ring (bicyclic) bond motifs is 2. The van der Waals surface area contributed by atoms with Crippen molar-refractivity contribution in [2.45, 2.75) is 87.4 Å². The van der Waals surface area contributed by atoms with Crippen LogP contribution in [-0.4, -0.2) is 96.5 Å². The summed E-state index contributed by atoms with van der Waals surface area (Å²) in [5.74, 6) is -1.05. The summed E-state index contributed by atoms with van der Waals surface area (Å²) in [5.41, 5.74) is -3.09. The zero-order chi connectivity index (χ0) is 29.8. The first-order chi connectivity index (χ1) is 20.1. The van der Waals surface area contributed by atoms with Gasteiger partial charge in [0.15, 0.2) is 0 Å². The van der Waals surface area contributed by atoms with E-state index in [0.717, 1.165) is 13.0 Å². The van der Waals surface area contributed by atoms with E-state index in [1.807, 2.05) is 0 Å². The molecular weight excluding hydrogens is 538 g/mol. The summed E-state index contributed by atoms with van der Waals surface area (Å²) in [6.07, 6.45) is 2.67. The van der Waals surface area contributed by atoms with Crippen molar-refractivity contribution in [3.8, 4) is 0 Å². The van der Waals surface area contributed by atoms with Crippen LogP contribution in [0.5, 0.6) is 0 Å². The van der Waals surface area contributed by atoms with Crippen molar-refractivity contribution in [1.29, 1.82) is 0 Å². The molecule has 0 aromatic heterocycles. The highest BCUT2D eigenvalue weighted by molar-refractivity contribution is 5.93. The molecular formula is C33H45NO8. The van der Waals surface area contributed by atoms with Gasteiger partial charge in [-0.25, -0.2) is 4.79 Å². The van der Waals surface area contributed by atoms with Crippen molar-refractivity contribution in [2.75, 3.05) is 34.4 Å². The lowest BCUT2D eigenvalue weighted by Gasteiger charge is -2.70. The Kier molecular flexibility index (Phi) is 6.48. The van der Waals surface area contributed by atoms with Gasteiger partial charge in [-0.1, -0.05) is 32.0 Å².